The highest BCUT2D eigenvalue weighted by Gasteiger charge is 2.27. The van der Waals surface area contributed by atoms with E-state index in [1.54, 1.807) is 6.07 Å². The Morgan fingerprint density at radius 3 is 2.80 bits per heavy atom. The van der Waals surface area contributed by atoms with Crippen LogP contribution < -0.4 is 10.5 Å². The van der Waals surface area contributed by atoms with E-state index >= 15 is 0 Å². The maximum Gasteiger partial charge on any atom is 0.165 e. The molecule has 1 aliphatic rings. The summed E-state index contributed by atoms with van der Waals surface area (Å²) >= 11 is 0. The molecule has 0 aliphatic carbocycles. The fraction of sp³-hybridized carbons (Fsp3) is 0.250. The third kappa shape index (κ3) is 2.23. The third-order valence-electron chi connectivity index (χ3n) is 3.65. The summed E-state index contributed by atoms with van der Waals surface area (Å²) < 4.78 is 19.4. The number of phenols is 1. The van der Waals surface area contributed by atoms with Crippen molar-refractivity contribution in [3.8, 4) is 11.5 Å². The molecule has 20 heavy (non-hydrogen) atoms. The van der Waals surface area contributed by atoms with Gasteiger partial charge < -0.3 is 15.6 Å². The summed E-state index contributed by atoms with van der Waals surface area (Å²) in [7, 11) is 0. The molecule has 0 radical (unpaired) electrons. The van der Waals surface area contributed by atoms with Crippen molar-refractivity contribution < 1.29 is 14.2 Å². The van der Waals surface area contributed by atoms with E-state index in [9.17, 15) is 9.50 Å². The van der Waals surface area contributed by atoms with Crippen LogP contribution in [-0.4, -0.2) is 5.11 Å². The van der Waals surface area contributed by atoms with Crippen molar-refractivity contribution in [3.63, 3.8) is 0 Å². The Hall–Kier alpha value is -2.07. The fourth-order valence-corrected chi connectivity index (χ4v) is 2.55. The molecule has 3 nitrogen and oxygen atoms in total. The molecule has 4 heteroatoms. The van der Waals surface area contributed by atoms with E-state index in [0.717, 1.165) is 16.9 Å². The smallest absolute Gasteiger partial charge is 0.165 e. The van der Waals surface area contributed by atoms with Gasteiger partial charge in [-0.1, -0.05) is 23.8 Å². The first-order chi connectivity index (χ1) is 9.54. The predicted molar refractivity (Wildman–Crippen MR) is 74.2 cm³/mol. The summed E-state index contributed by atoms with van der Waals surface area (Å²) in [6.07, 6.45) is 0.288. The molecule has 0 fully saturated rings. The van der Waals surface area contributed by atoms with Crippen molar-refractivity contribution in [1.82, 2.24) is 0 Å². The lowest BCUT2D eigenvalue weighted by molar-refractivity contribution is 0.161. The maximum absolute atomic E-state index is 13.4. The number of aromatic hydroxyl groups is 1. The summed E-state index contributed by atoms with van der Waals surface area (Å²) in [6.45, 7) is 2.01. The van der Waals surface area contributed by atoms with E-state index in [4.69, 9.17) is 10.5 Å². The van der Waals surface area contributed by atoms with Crippen molar-refractivity contribution in [2.24, 2.45) is 5.73 Å². The highest BCUT2D eigenvalue weighted by molar-refractivity contribution is 5.42. The average molecular weight is 273 g/mol. The van der Waals surface area contributed by atoms with Gasteiger partial charge in [0.15, 0.2) is 11.6 Å². The number of rotatable bonds is 1. The highest BCUT2D eigenvalue weighted by atomic mass is 19.1. The van der Waals surface area contributed by atoms with Crippen LogP contribution in [-0.2, 0) is 0 Å². The minimum Gasteiger partial charge on any atom is -0.505 e. The number of halogens is 1. The molecule has 3 rings (SSSR count). The first-order valence-corrected chi connectivity index (χ1v) is 6.56. The number of aryl methyl sites for hydroxylation is 1. The SMILES string of the molecule is Cc1ccc2c(c1)[C@H](N)CC(c1ccc(O)c(F)c1)O2. The molecule has 0 saturated carbocycles. The van der Waals surface area contributed by atoms with Gasteiger partial charge in [-0.2, -0.15) is 0 Å². The lowest BCUT2D eigenvalue weighted by Gasteiger charge is -2.31. The number of ether oxygens (including phenoxy) is 1. The second-order valence-corrected chi connectivity index (χ2v) is 5.20. The van der Waals surface area contributed by atoms with Crippen LogP contribution in [0, 0.1) is 12.7 Å². The molecular formula is C16H16FNO2. The van der Waals surface area contributed by atoms with Gasteiger partial charge in [0.2, 0.25) is 0 Å². The van der Waals surface area contributed by atoms with E-state index in [1.807, 2.05) is 25.1 Å². The summed E-state index contributed by atoms with van der Waals surface area (Å²) in [5.74, 6) is -0.257. The van der Waals surface area contributed by atoms with Crippen molar-refractivity contribution in [1.29, 1.82) is 0 Å². The molecule has 1 unspecified atom stereocenters. The first kappa shape index (κ1) is 12.9. The lowest BCUT2D eigenvalue weighted by Crippen LogP contribution is -2.24. The highest BCUT2D eigenvalue weighted by Crippen LogP contribution is 2.40. The Kier molecular flexibility index (Phi) is 3.10. The first-order valence-electron chi connectivity index (χ1n) is 6.56. The standard InChI is InChI=1S/C16H16FNO2/c1-9-2-5-15-11(6-9)13(18)8-16(20-15)10-3-4-14(19)12(17)7-10/h2-7,13,16,19H,8,18H2,1H3/t13-,16?/m1/s1. The maximum atomic E-state index is 13.4. The van der Waals surface area contributed by atoms with Gasteiger partial charge in [-0.25, -0.2) is 4.39 Å². The molecule has 0 amide bonds. The molecule has 3 N–H and O–H groups in total. The summed E-state index contributed by atoms with van der Waals surface area (Å²) in [4.78, 5) is 0. The number of phenolic OH excluding ortho intramolecular Hbond substituents is 1. The molecule has 2 aromatic carbocycles. The second kappa shape index (κ2) is 4.80. The molecule has 2 atom stereocenters. The minimum absolute atomic E-state index is 0.138. The molecule has 0 spiro atoms. The number of hydrogen-bond acceptors (Lipinski definition) is 3. The van der Waals surface area contributed by atoms with E-state index in [1.165, 1.54) is 12.1 Å². The fourth-order valence-electron chi connectivity index (χ4n) is 2.55. The Morgan fingerprint density at radius 1 is 1.25 bits per heavy atom. The molecule has 1 aliphatic heterocycles. The number of hydrogen-bond donors (Lipinski definition) is 2. The van der Waals surface area contributed by atoms with Crippen molar-refractivity contribution in [2.75, 3.05) is 0 Å². The van der Waals surface area contributed by atoms with Crippen LogP contribution in [0.2, 0.25) is 0 Å². The summed E-state index contributed by atoms with van der Waals surface area (Å²) in [5, 5.41) is 9.24. The third-order valence-corrected chi connectivity index (χ3v) is 3.65. The van der Waals surface area contributed by atoms with Gasteiger partial charge >= 0.3 is 0 Å². The van der Waals surface area contributed by atoms with Gasteiger partial charge in [-0.05, 0) is 30.7 Å². The number of nitrogens with two attached hydrogens (primary N) is 1. The van der Waals surface area contributed by atoms with Gasteiger partial charge in [-0.3, -0.25) is 0 Å². The normalized spacial score (nSPS) is 21.1. The van der Waals surface area contributed by atoms with Crippen LogP contribution in [0.15, 0.2) is 36.4 Å². The molecule has 0 bridgehead atoms. The number of benzene rings is 2. The second-order valence-electron chi connectivity index (χ2n) is 5.20. The Bertz CT molecular complexity index is 657. The van der Waals surface area contributed by atoms with Crippen molar-refractivity contribution in [3.05, 3.63) is 58.9 Å². The Labute approximate surface area is 116 Å². The Balaban J connectivity index is 1.94. The van der Waals surface area contributed by atoms with E-state index in [-0.39, 0.29) is 17.9 Å². The molecule has 0 saturated heterocycles. The summed E-state index contributed by atoms with van der Waals surface area (Å²) in [5.41, 5.74) is 8.99. The lowest BCUT2D eigenvalue weighted by atomic mass is 9.92. The number of fused-ring (bicyclic) bond motifs is 1. The average Bonchev–Trinajstić information content (AvgIpc) is 2.42. The molecule has 1 heterocycles. The van der Waals surface area contributed by atoms with E-state index < -0.39 is 5.82 Å². The van der Waals surface area contributed by atoms with E-state index in [0.29, 0.717) is 12.0 Å². The predicted octanol–water partition coefficient (Wildman–Crippen LogP) is 3.36. The zero-order valence-corrected chi connectivity index (χ0v) is 11.1. The van der Waals surface area contributed by atoms with Gasteiger partial charge in [0.1, 0.15) is 11.9 Å². The van der Waals surface area contributed by atoms with Gasteiger partial charge in [0, 0.05) is 18.0 Å². The Morgan fingerprint density at radius 2 is 2.05 bits per heavy atom. The zero-order valence-electron chi connectivity index (χ0n) is 11.1. The van der Waals surface area contributed by atoms with Crippen LogP contribution in [0.3, 0.4) is 0 Å². The molecule has 0 aromatic heterocycles. The zero-order chi connectivity index (χ0) is 14.3. The molecule has 2 aromatic rings. The monoisotopic (exact) mass is 273 g/mol. The van der Waals surface area contributed by atoms with Crippen LogP contribution >= 0.6 is 0 Å². The topological polar surface area (TPSA) is 55.5 Å². The molecule has 104 valence electrons. The van der Waals surface area contributed by atoms with Crippen LogP contribution in [0.1, 0.15) is 35.3 Å². The quantitative estimate of drug-likeness (QED) is 0.837. The van der Waals surface area contributed by atoms with Crippen LogP contribution in [0.25, 0.3) is 0 Å². The van der Waals surface area contributed by atoms with Crippen LogP contribution in [0.4, 0.5) is 4.39 Å². The van der Waals surface area contributed by atoms with E-state index in [2.05, 4.69) is 0 Å². The van der Waals surface area contributed by atoms with Crippen molar-refractivity contribution in [2.45, 2.75) is 25.5 Å². The minimum atomic E-state index is -0.644. The molecular weight excluding hydrogens is 257 g/mol. The van der Waals surface area contributed by atoms with Gasteiger partial charge in [-0.15, -0.1) is 0 Å². The summed E-state index contributed by atoms with van der Waals surface area (Å²) in [6, 6.07) is 10.0. The largest absolute Gasteiger partial charge is 0.505 e. The van der Waals surface area contributed by atoms with Crippen LogP contribution in [0.5, 0.6) is 11.5 Å². The van der Waals surface area contributed by atoms with Gasteiger partial charge in [0.05, 0.1) is 0 Å². The van der Waals surface area contributed by atoms with Crippen molar-refractivity contribution >= 4 is 0 Å². The van der Waals surface area contributed by atoms with Gasteiger partial charge in [0.25, 0.3) is 0 Å².